The van der Waals surface area contributed by atoms with E-state index in [-0.39, 0.29) is 5.92 Å². The van der Waals surface area contributed by atoms with Gasteiger partial charge in [0, 0.05) is 11.9 Å². The van der Waals surface area contributed by atoms with Gasteiger partial charge in [0.25, 0.3) is 5.91 Å². The summed E-state index contributed by atoms with van der Waals surface area (Å²) < 4.78 is 6.81. The first-order valence-corrected chi connectivity index (χ1v) is 8.43. The number of benzene rings is 1. The predicted molar refractivity (Wildman–Crippen MR) is 93.5 cm³/mol. The molecule has 1 heterocycles. The van der Waals surface area contributed by atoms with Crippen molar-refractivity contribution in [2.24, 2.45) is 5.92 Å². The van der Waals surface area contributed by atoms with Crippen molar-refractivity contribution in [2.45, 2.75) is 32.2 Å². The zero-order chi connectivity index (χ0) is 18.7. The second-order valence-corrected chi connectivity index (χ2v) is 6.64. The van der Waals surface area contributed by atoms with Crippen molar-refractivity contribution in [3.63, 3.8) is 0 Å². The summed E-state index contributed by atoms with van der Waals surface area (Å²) in [6, 6.07) is 10.8. The molecule has 1 N–H and O–H groups in total. The van der Waals surface area contributed by atoms with Gasteiger partial charge in [0.15, 0.2) is 6.61 Å². The summed E-state index contributed by atoms with van der Waals surface area (Å²) in [6.07, 6.45) is 3.55. The Morgan fingerprint density at radius 2 is 2.04 bits per heavy atom. The van der Waals surface area contributed by atoms with Crippen LogP contribution in [0.15, 0.2) is 36.5 Å². The number of nitrogens with zero attached hydrogens (tertiary/aromatic N) is 3. The first-order chi connectivity index (χ1) is 12.4. The topological polar surface area (TPSA) is 97.0 Å². The van der Waals surface area contributed by atoms with Crippen molar-refractivity contribution in [1.29, 1.82) is 5.26 Å². The first kappa shape index (κ1) is 17.7. The highest BCUT2D eigenvalue weighted by atomic mass is 16.5. The highest BCUT2D eigenvalue weighted by Crippen LogP contribution is 2.39. The monoisotopic (exact) mass is 352 g/mol. The molecule has 3 rings (SSSR count). The van der Waals surface area contributed by atoms with Crippen LogP contribution in [0.1, 0.15) is 35.8 Å². The normalized spacial score (nSPS) is 15.6. The Bertz CT molecular complexity index is 862. The molecule has 1 amide bonds. The van der Waals surface area contributed by atoms with E-state index < -0.39 is 24.0 Å². The Labute approximate surface area is 151 Å². The molecular formula is C19H20N4O3. The quantitative estimate of drug-likeness (QED) is 0.804. The molecule has 7 heteroatoms. The zero-order valence-corrected chi connectivity index (χ0v) is 14.7. The van der Waals surface area contributed by atoms with Gasteiger partial charge in [0.1, 0.15) is 5.54 Å². The lowest BCUT2D eigenvalue weighted by Crippen LogP contribution is -2.48. The van der Waals surface area contributed by atoms with E-state index in [1.807, 2.05) is 13.0 Å². The van der Waals surface area contributed by atoms with Gasteiger partial charge in [-0.05, 0) is 62.9 Å². The number of rotatable bonds is 6. The minimum Gasteiger partial charge on any atom is -0.452 e. The molecule has 7 nitrogen and oxygen atoms in total. The lowest BCUT2D eigenvalue weighted by Gasteiger charge is -2.22. The third kappa shape index (κ3) is 3.75. The van der Waals surface area contributed by atoms with Gasteiger partial charge in [0.2, 0.25) is 0 Å². The molecule has 134 valence electrons. The average Bonchev–Trinajstić information content (AvgIpc) is 3.42. The Morgan fingerprint density at radius 3 is 2.58 bits per heavy atom. The fourth-order valence-corrected chi connectivity index (χ4v) is 2.80. The third-order valence-electron chi connectivity index (χ3n) is 4.54. The lowest BCUT2D eigenvalue weighted by atomic mass is 9.98. The maximum Gasteiger partial charge on any atom is 0.338 e. The molecule has 1 aliphatic rings. The van der Waals surface area contributed by atoms with Gasteiger partial charge in [-0.25, -0.2) is 9.48 Å². The van der Waals surface area contributed by atoms with Crippen LogP contribution in [-0.4, -0.2) is 33.8 Å². The Morgan fingerprint density at radius 1 is 1.35 bits per heavy atom. The highest BCUT2D eigenvalue weighted by molar-refractivity contribution is 5.91. The summed E-state index contributed by atoms with van der Waals surface area (Å²) in [4.78, 5) is 24.1. The predicted octanol–water partition coefficient (Wildman–Crippen LogP) is 2.15. The van der Waals surface area contributed by atoms with Gasteiger partial charge in [-0.1, -0.05) is 0 Å². The molecule has 26 heavy (non-hydrogen) atoms. The van der Waals surface area contributed by atoms with E-state index in [9.17, 15) is 14.9 Å². The van der Waals surface area contributed by atoms with Crippen LogP contribution < -0.4 is 5.32 Å². The molecule has 0 aliphatic heterocycles. The minimum absolute atomic E-state index is 0.172. The number of aromatic nitrogens is 2. The van der Waals surface area contributed by atoms with E-state index in [1.54, 1.807) is 42.1 Å². The average molecular weight is 352 g/mol. The van der Waals surface area contributed by atoms with Crippen molar-refractivity contribution < 1.29 is 14.3 Å². The molecule has 1 aromatic carbocycles. The number of aryl methyl sites for hydroxylation is 1. The van der Waals surface area contributed by atoms with E-state index in [4.69, 9.17) is 4.74 Å². The van der Waals surface area contributed by atoms with E-state index >= 15 is 0 Å². The van der Waals surface area contributed by atoms with E-state index in [2.05, 4.69) is 16.5 Å². The molecule has 0 radical (unpaired) electrons. The van der Waals surface area contributed by atoms with Crippen molar-refractivity contribution in [1.82, 2.24) is 15.1 Å². The molecule has 1 fully saturated rings. The van der Waals surface area contributed by atoms with Crippen LogP contribution in [0.3, 0.4) is 0 Å². The molecular weight excluding hydrogens is 332 g/mol. The van der Waals surface area contributed by atoms with Crippen LogP contribution in [0, 0.1) is 24.2 Å². The fourth-order valence-electron chi connectivity index (χ4n) is 2.80. The molecule has 0 saturated heterocycles. The molecule has 1 saturated carbocycles. The van der Waals surface area contributed by atoms with Crippen molar-refractivity contribution in [2.75, 3.05) is 6.61 Å². The molecule has 1 atom stereocenters. The number of amides is 1. The summed E-state index contributed by atoms with van der Waals surface area (Å²) in [5.74, 6) is -0.891. The Kier molecular flexibility index (Phi) is 4.76. The smallest absolute Gasteiger partial charge is 0.338 e. The zero-order valence-electron chi connectivity index (χ0n) is 14.7. The van der Waals surface area contributed by atoms with Crippen LogP contribution in [-0.2, 0) is 9.53 Å². The van der Waals surface area contributed by atoms with Crippen LogP contribution in [0.4, 0.5) is 0 Å². The lowest BCUT2D eigenvalue weighted by molar-refractivity contribution is -0.125. The summed E-state index contributed by atoms with van der Waals surface area (Å²) in [5.41, 5.74) is 1.26. The van der Waals surface area contributed by atoms with E-state index in [1.165, 1.54) is 0 Å². The molecule has 1 aromatic heterocycles. The summed E-state index contributed by atoms with van der Waals surface area (Å²) in [7, 11) is 0. The number of nitriles is 1. The minimum atomic E-state index is -0.896. The van der Waals surface area contributed by atoms with Gasteiger partial charge in [0.05, 0.1) is 17.3 Å². The highest BCUT2D eigenvalue weighted by Gasteiger charge is 2.43. The van der Waals surface area contributed by atoms with E-state index in [0.29, 0.717) is 5.56 Å². The maximum atomic E-state index is 12.1. The van der Waals surface area contributed by atoms with Crippen LogP contribution >= 0.6 is 0 Å². The van der Waals surface area contributed by atoms with Gasteiger partial charge in [-0.3, -0.25) is 4.79 Å². The maximum absolute atomic E-state index is 12.1. The molecule has 0 unspecified atom stereocenters. The fraction of sp³-hybridized carbons (Fsp3) is 0.368. The van der Waals surface area contributed by atoms with E-state index in [0.717, 1.165) is 24.2 Å². The van der Waals surface area contributed by atoms with Crippen molar-refractivity contribution >= 4 is 11.9 Å². The van der Waals surface area contributed by atoms with Crippen LogP contribution in [0.2, 0.25) is 0 Å². The van der Waals surface area contributed by atoms with Crippen molar-refractivity contribution in [3.05, 3.63) is 47.8 Å². The number of hydrogen-bond donors (Lipinski definition) is 1. The van der Waals surface area contributed by atoms with Crippen LogP contribution in [0.5, 0.6) is 0 Å². The Hall–Kier alpha value is -3.14. The number of carbonyl (C=O) groups is 2. The summed E-state index contributed by atoms with van der Waals surface area (Å²) in [6.45, 7) is 3.22. The summed E-state index contributed by atoms with van der Waals surface area (Å²) >= 11 is 0. The number of nitrogens with one attached hydrogen (secondary N) is 1. The SMILES string of the molecule is Cc1ccnn1-c1ccc(C(=O)OCC(=O)N[C@@](C)(C#N)C2CC2)cc1. The number of hydrogen-bond acceptors (Lipinski definition) is 5. The molecule has 0 bridgehead atoms. The van der Waals surface area contributed by atoms with Gasteiger partial charge >= 0.3 is 5.97 Å². The van der Waals surface area contributed by atoms with Gasteiger partial charge in [-0.2, -0.15) is 10.4 Å². The number of esters is 1. The number of carbonyl (C=O) groups excluding carboxylic acids is 2. The number of ether oxygens (including phenoxy) is 1. The third-order valence-corrected chi connectivity index (χ3v) is 4.54. The molecule has 1 aliphatic carbocycles. The van der Waals surface area contributed by atoms with Gasteiger partial charge < -0.3 is 10.1 Å². The first-order valence-electron chi connectivity index (χ1n) is 8.43. The second kappa shape index (κ2) is 7.00. The largest absolute Gasteiger partial charge is 0.452 e. The Balaban J connectivity index is 1.56. The second-order valence-electron chi connectivity index (χ2n) is 6.64. The van der Waals surface area contributed by atoms with Crippen LogP contribution in [0.25, 0.3) is 5.69 Å². The summed E-state index contributed by atoms with van der Waals surface area (Å²) in [5, 5.41) is 16.1. The molecule has 2 aromatic rings. The van der Waals surface area contributed by atoms with Crippen molar-refractivity contribution in [3.8, 4) is 11.8 Å². The van der Waals surface area contributed by atoms with Gasteiger partial charge in [-0.15, -0.1) is 0 Å². The molecule has 0 spiro atoms. The standard InChI is InChI=1S/C19H20N4O3/c1-13-9-10-21-23(13)16-7-3-14(4-8-16)18(25)26-11-17(24)22-19(2,12-20)15-5-6-15/h3-4,7-10,15H,5-6,11H2,1-2H3,(H,22,24)/t19-/m0/s1.